The number of hydrogen-bond acceptors (Lipinski definition) is 20. The van der Waals surface area contributed by atoms with Gasteiger partial charge in [0.1, 0.15) is 28.9 Å². The minimum absolute atomic E-state index is 0.00868. The van der Waals surface area contributed by atoms with Crippen LogP contribution in [0.3, 0.4) is 0 Å². The van der Waals surface area contributed by atoms with Gasteiger partial charge in [-0.05, 0) is 210 Å². The topological polar surface area (TPSA) is 194 Å². The third kappa shape index (κ3) is 21.0. The summed E-state index contributed by atoms with van der Waals surface area (Å²) in [6.45, 7) is -14.9. The molecule has 0 radical (unpaired) electrons. The molecule has 0 saturated carbocycles. The van der Waals surface area contributed by atoms with Gasteiger partial charge in [0.25, 0.3) is 0 Å². The predicted molar refractivity (Wildman–Crippen MR) is 465 cm³/mol. The Hall–Kier alpha value is -7.75. The van der Waals surface area contributed by atoms with Gasteiger partial charge in [-0.2, -0.15) is 0 Å². The lowest BCUT2D eigenvalue weighted by Crippen LogP contribution is -2.46. The van der Waals surface area contributed by atoms with Crippen molar-refractivity contribution in [2.75, 3.05) is 136 Å². The maximum absolute atomic E-state index is 13.9. The molecule has 0 spiro atoms. The van der Waals surface area contributed by atoms with Crippen molar-refractivity contribution in [1.82, 2.24) is 24.5 Å². The average Bonchev–Trinajstić information content (AvgIpc) is 0.654. The van der Waals surface area contributed by atoms with E-state index in [1.807, 2.05) is 13.8 Å². The summed E-state index contributed by atoms with van der Waals surface area (Å²) in [6, 6.07) is -12.3. The van der Waals surface area contributed by atoms with E-state index in [2.05, 4.69) is 0 Å². The fraction of sp³-hybridized carbons (Fsp3) is 0.643. The van der Waals surface area contributed by atoms with Crippen LogP contribution in [0, 0.1) is 59.0 Å². The number of carbonyl (C=O) groups excluding carboxylic acids is 5. The molecule has 5 saturated heterocycles. The number of hydrogen-bond donors (Lipinski definition) is 0. The molecule has 648 valence electrons. The number of Topliss-reactive ketones (excluding diaryl/α,β-unsaturated/α-hetero) is 5. The third-order valence-electron chi connectivity index (χ3n) is 20.5. The number of carbonyl (C=O) groups is 5. The van der Waals surface area contributed by atoms with Crippen LogP contribution < -0.4 is 47.4 Å². The monoisotopic (exact) mass is 1690 g/mol. The van der Waals surface area contributed by atoms with Crippen LogP contribution in [0.2, 0.25) is 0 Å². The normalized spacial score (nSPS) is 40.1. The highest BCUT2D eigenvalue weighted by Gasteiger charge is 2.45. The number of ether oxygens (including phenoxy) is 10. The zero-order valence-corrected chi connectivity index (χ0v) is 67.2. The molecule has 10 aliphatic rings. The SMILES string of the molecule is [2H]c1c2c(c([2H])c(OC([2H])([2H])[2H])c1OC)C1CC(=O)C(C([2H])([2H])C([2H])(C([2H])([2H])[2H])C([2H])([2H])C)C([2H])([2H])N1CC2.[2H]c1c2c(c([2H])c(OC([2H])([2H])[2H])c1OC)C1CC(=O)C(CC(C)C)C([2H])([2H])N1CC2.[2H]c1c2c(c([2H])c(OC([2H])([2H])[2H])c1OC)C1N(CC2)C([2H])([2H])C([2H])(C([2H])([2H])C([2H])(C([2H])([2H])[2H])C([2H])([2H])C)C(=O)C1([2H])[2H].[2H]c1c2c(c([2H])c(OC([2H])([2H])[2H])c1OC)C1N(CC2)C([2H])([2H])C([2H])(CC(C)C)C(=O)C1([2H])[2H].[2H]c1c2c(c([2H])c(OC([2H])([2H])[2H])c1OC)C1N(CC2)CC([2H])(C([2H])([2H])C([2H])(C([2H])([2H])[2H])C([2H])([2H])C)C(=O)C1([2H])[2H]. The highest BCUT2D eigenvalue weighted by molar-refractivity contribution is 5.86. The van der Waals surface area contributed by atoms with Gasteiger partial charge < -0.3 is 47.4 Å². The maximum atomic E-state index is 13.9. The Kier molecular flexibility index (Phi) is 13.4. The molecule has 10 aliphatic heterocycles. The Morgan fingerprint density at radius 2 is 0.661 bits per heavy atom. The van der Waals surface area contributed by atoms with Gasteiger partial charge in [-0.25, -0.2) is 0 Å². The van der Waals surface area contributed by atoms with Crippen LogP contribution in [0.15, 0.2) is 60.4 Å². The van der Waals surface area contributed by atoms with Crippen molar-refractivity contribution in [2.24, 2.45) is 59.0 Å². The quantitative estimate of drug-likeness (QED) is 0.0598. The first-order valence-corrected chi connectivity index (χ1v) is 37.7. The fourth-order valence-corrected chi connectivity index (χ4v) is 14.8. The van der Waals surface area contributed by atoms with E-state index in [0.29, 0.717) is 50.6 Å². The lowest BCUT2D eigenvalue weighted by atomic mass is 9.79. The molecule has 0 aliphatic carbocycles. The van der Waals surface area contributed by atoms with Crippen LogP contribution in [0.5, 0.6) is 57.5 Å². The van der Waals surface area contributed by atoms with Crippen LogP contribution in [-0.2, 0) is 56.1 Å². The largest absolute Gasteiger partial charge is 0.493 e. The lowest BCUT2D eigenvalue weighted by Gasteiger charge is -2.43. The van der Waals surface area contributed by atoms with Crippen molar-refractivity contribution in [3.63, 3.8) is 0 Å². The number of benzene rings is 5. The highest BCUT2D eigenvalue weighted by Crippen LogP contribution is 2.49. The van der Waals surface area contributed by atoms with E-state index in [-0.39, 0.29) is 167 Å². The first-order valence-electron chi connectivity index (χ1n) is 70.7. The molecular weight excluding hydrogens is 1490 g/mol. The van der Waals surface area contributed by atoms with Crippen molar-refractivity contribution in [3.05, 3.63) is 116 Å². The summed E-state index contributed by atoms with van der Waals surface area (Å²) >= 11 is 0. The molecule has 15 rings (SSSR count). The van der Waals surface area contributed by atoms with E-state index in [1.54, 1.807) is 18.7 Å². The zero-order chi connectivity index (χ0) is 142. The van der Waals surface area contributed by atoms with E-state index in [0.717, 1.165) is 36.0 Å². The second-order valence-corrected chi connectivity index (χ2v) is 28.8. The smallest absolute Gasteiger partial charge is 0.161 e. The zero-order valence-electron chi connectivity index (χ0n) is 133. The maximum Gasteiger partial charge on any atom is 0.161 e. The third-order valence-corrected chi connectivity index (χ3v) is 20.5. The minimum Gasteiger partial charge on any atom is -0.493 e. The van der Waals surface area contributed by atoms with Gasteiger partial charge in [0.2, 0.25) is 0 Å². The Balaban J connectivity index is 0.000000214. The molecule has 13 unspecified atom stereocenters. The Bertz CT molecular complexity index is 7410. The Morgan fingerprint density at radius 3 is 1.01 bits per heavy atom. The summed E-state index contributed by atoms with van der Waals surface area (Å²) in [5.74, 6) is -35.6. The summed E-state index contributed by atoms with van der Waals surface area (Å²) in [5, 5.41) is 0. The van der Waals surface area contributed by atoms with E-state index < -0.39 is 335 Å². The number of fused-ring (bicyclic) bond motifs is 15. The van der Waals surface area contributed by atoms with E-state index in [1.165, 1.54) is 14.2 Å². The lowest BCUT2D eigenvalue weighted by molar-refractivity contribution is -0.130. The van der Waals surface area contributed by atoms with Gasteiger partial charge in [-0.15, -0.1) is 0 Å². The molecule has 0 bridgehead atoms. The number of rotatable bonds is 23. The van der Waals surface area contributed by atoms with Gasteiger partial charge in [0.05, 0.1) is 105 Å². The molecule has 0 aromatic heterocycles. The number of ketones is 5. The molecule has 5 aromatic rings. The molecule has 10 heterocycles. The van der Waals surface area contributed by atoms with Crippen molar-refractivity contribution < 1.29 is 162 Å². The molecule has 118 heavy (non-hydrogen) atoms. The molecule has 5 fully saturated rings. The fourth-order valence-electron chi connectivity index (χ4n) is 14.8. The van der Waals surface area contributed by atoms with Crippen LogP contribution >= 0.6 is 0 Å². The highest BCUT2D eigenvalue weighted by atomic mass is 16.5. The van der Waals surface area contributed by atoms with Crippen LogP contribution in [0.1, 0.15) is 328 Å². The van der Waals surface area contributed by atoms with Crippen LogP contribution in [0.4, 0.5) is 0 Å². The molecule has 20 nitrogen and oxygen atoms in total. The summed E-state index contributed by atoms with van der Waals surface area (Å²) in [4.78, 5) is 72.7. The van der Waals surface area contributed by atoms with E-state index >= 15 is 0 Å². The first kappa shape index (κ1) is 37.9. The number of nitrogens with zero attached hydrogens (tertiary/aromatic N) is 5. The summed E-state index contributed by atoms with van der Waals surface area (Å²) < 4.78 is 592. The average molecular weight is 1700 g/mol. The predicted octanol–water partition coefficient (Wildman–Crippen LogP) is 17.4. The van der Waals surface area contributed by atoms with Crippen LogP contribution in [-0.4, -0.2) is 189 Å². The van der Waals surface area contributed by atoms with Gasteiger partial charge in [0, 0.05) is 213 Å². The van der Waals surface area contributed by atoms with Crippen LogP contribution in [0.25, 0.3) is 0 Å². The Labute approximate surface area is 798 Å². The van der Waals surface area contributed by atoms with Crippen molar-refractivity contribution in [2.45, 2.75) is 214 Å². The second-order valence-electron chi connectivity index (χ2n) is 28.8. The molecular formula is C98H141N5O15. The standard InChI is InChI=1S/3C20H29NO3.2C19H27NO3/c3*1-5-13(2)8-15-12-21-7-6-14-9-19(23-3)20(24-4)10-16(14)17(21)11-18(15)22;2*1-12(2)7-14-11-20-6-5-13-8-18(22-3)19(23-4)9-15(13)16(20)10-17(14)21/h3*9-10,13,15,17H,5-8,11-12H2,1-4H3;2*8-9,12,14,16H,5-7,10-11H2,1-4H3/i2D3,4D3,5D2,8D2,9D,10D,11D2,12D2,13D,15D;2D3,4D3,5D2,8D2,9D,10D,11D2,13D,15D;2D3,4D3,5D2,8D2,9D,10D,12D2,13D;4D3,8D,9D,10D2,11D2,14D;4D3,8D,9D,11D2. The number of methoxy groups -OCH3 is 10. The molecule has 0 N–H and O–H groups in total. The Morgan fingerprint density at radius 1 is 0.373 bits per heavy atom. The van der Waals surface area contributed by atoms with Crippen molar-refractivity contribution in [3.8, 4) is 57.5 Å². The van der Waals surface area contributed by atoms with E-state index in [4.69, 9.17) is 138 Å². The molecule has 20 heteroatoms. The van der Waals surface area contributed by atoms with E-state index in [9.17, 15) is 24.0 Å². The number of piperidine rings is 5. The van der Waals surface area contributed by atoms with Crippen molar-refractivity contribution >= 4 is 28.9 Å². The first-order chi connectivity index (χ1) is 82.3. The summed E-state index contributed by atoms with van der Waals surface area (Å²) in [5.41, 5.74) is -0.138. The summed E-state index contributed by atoms with van der Waals surface area (Å²) in [6.07, 6.45) is -31.3. The summed E-state index contributed by atoms with van der Waals surface area (Å²) in [7, 11) is -9.39. The van der Waals surface area contributed by atoms with Gasteiger partial charge in [-0.1, -0.05) is 88.1 Å². The molecule has 13 atom stereocenters. The minimum atomic E-state index is -4.22. The second kappa shape index (κ2) is 41.7. The van der Waals surface area contributed by atoms with Crippen molar-refractivity contribution in [1.29, 1.82) is 0 Å². The molecule has 5 aromatic carbocycles. The van der Waals surface area contributed by atoms with Gasteiger partial charge in [0.15, 0.2) is 57.5 Å². The molecule has 0 amide bonds. The van der Waals surface area contributed by atoms with Gasteiger partial charge >= 0.3 is 0 Å². The van der Waals surface area contributed by atoms with Gasteiger partial charge in [-0.3, -0.25) is 48.5 Å².